The Kier molecular flexibility index (Phi) is 4.15. The highest BCUT2D eigenvalue weighted by Gasteiger charge is 2.06. The maximum Gasteiger partial charge on any atom is 0.252 e. The molecule has 3 rings (SSSR count). The highest BCUT2D eigenvalue weighted by atomic mass is 16.1. The van der Waals surface area contributed by atoms with Crippen molar-refractivity contribution >= 4 is 16.7 Å². The minimum Gasteiger partial charge on any atom is -0.352 e. The number of hydrogen-bond acceptors (Lipinski definition) is 2. The fraction of sp³-hybridized carbons (Fsp3) is 0.158. The van der Waals surface area contributed by atoms with Crippen LogP contribution in [0.25, 0.3) is 10.8 Å². The quantitative estimate of drug-likeness (QED) is 0.799. The summed E-state index contributed by atoms with van der Waals surface area (Å²) in [5.41, 5.74) is 2.76. The van der Waals surface area contributed by atoms with E-state index < -0.39 is 0 Å². The Hall–Kier alpha value is -2.68. The molecule has 0 atom stereocenters. The smallest absolute Gasteiger partial charge is 0.252 e. The van der Waals surface area contributed by atoms with Gasteiger partial charge in [-0.1, -0.05) is 42.5 Å². The fourth-order valence-corrected chi connectivity index (χ4v) is 2.53. The first-order valence-corrected chi connectivity index (χ1v) is 7.41. The largest absolute Gasteiger partial charge is 0.352 e. The molecule has 0 bridgehead atoms. The third kappa shape index (κ3) is 3.14. The molecule has 1 heterocycles. The van der Waals surface area contributed by atoms with Crippen molar-refractivity contribution in [1.82, 2.24) is 10.3 Å². The van der Waals surface area contributed by atoms with Gasteiger partial charge in [-0.05, 0) is 41.8 Å². The van der Waals surface area contributed by atoms with E-state index in [1.807, 2.05) is 25.1 Å². The molecular formula is C19H18N2O. The lowest BCUT2D eigenvalue weighted by atomic mass is 10.0. The van der Waals surface area contributed by atoms with Gasteiger partial charge in [0.05, 0.1) is 5.56 Å². The van der Waals surface area contributed by atoms with Crippen molar-refractivity contribution in [3.05, 3.63) is 77.6 Å². The van der Waals surface area contributed by atoms with E-state index in [2.05, 4.69) is 40.6 Å². The average molecular weight is 290 g/mol. The second-order valence-corrected chi connectivity index (χ2v) is 5.33. The van der Waals surface area contributed by atoms with Gasteiger partial charge in [-0.25, -0.2) is 0 Å². The van der Waals surface area contributed by atoms with Crippen LogP contribution in [0.5, 0.6) is 0 Å². The SMILES string of the molecule is Cc1ccc(C(=O)NCCc2cccc3ccccc23)cn1. The first-order valence-electron chi connectivity index (χ1n) is 7.41. The Balaban J connectivity index is 1.65. The Morgan fingerprint density at radius 2 is 1.86 bits per heavy atom. The molecule has 2 aromatic carbocycles. The summed E-state index contributed by atoms with van der Waals surface area (Å²) in [6.07, 6.45) is 2.43. The molecule has 0 unspecified atom stereocenters. The number of rotatable bonds is 4. The number of carbonyl (C=O) groups is 1. The molecule has 1 N–H and O–H groups in total. The van der Waals surface area contributed by atoms with E-state index in [0.717, 1.165) is 12.1 Å². The van der Waals surface area contributed by atoms with Crippen molar-refractivity contribution in [2.45, 2.75) is 13.3 Å². The zero-order valence-electron chi connectivity index (χ0n) is 12.5. The first kappa shape index (κ1) is 14.3. The first-order chi connectivity index (χ1) is 10.7. The third-order valence-corrected chi connectivity index (χ3v) is 3.73. The predicted octanol–water partition coefficient (Wildman–Crippen LogP) is 3.52. The number of nitrogens with one attached hydrogen (secondary N) is 1. The summed E-state index contributed by atoms with van der Waals surface area (Å²) in [6.45, 7) is 2.52. The molecule has 0 saturated heterocycles. The number of fused-ring (bicyclic) bond motifs is 1. The number of hydrogen-bond donors (Lipinski definition) is 1. The number of benzene rings is 2. The normalized spacial score (nSPS) is 10.6. The molecule has 3 aromatic rings. The Morgan fingerprint density at radius 1 is 1.05 bits per heavy atom. The zero-order valence-corrected chi connectivity index (χ0v) is 12.5. The minimum absolute atomic E-state index is 0.0762. The summed E-state index contributed by atoms with van der Waals surface area (Å²) < 4.78 is 0. The number of aromatic nitrogens is 1. The summed E-state index contributed by atoms with van der Waals surface area (Å²) in [5, 5.41) is 5.43. The van der Waals surface area contributed by atoms with Crippen molar-refractivity contribution in [2.24, 2.45) is 0 Å². The summed E-state index contributed by atoms with van der Waals surface area (Å²) in [7, 11) is 0. The van der Waals surface area contributed by atoms with Gasteiger partial charge in [0.25, 0.3) is 5.91 Å². The molecule has 0 aliphatic heterocycles. The molecule has 0 fully saturated rings. The van der Waals surface area contributed by atoms with Crippen molar-refractivity contribution in [1.29, 1.82) is 0 Å². The molecule has 3 heteroatoms. The maximum atomic E-state index is 12.1. The fourth-order valence-electron chi connectivity index (χ4n) is 2.53. The van der Waals surface area contributed by atoms with Gasteiger partial charge in [-0.15, -0.1) is 0 Å². The molecule has 0 aliphatic rings. The molecule has 0 aliphatic carbocycles. The predicted molar refractivity (Wildman–Crippen MR) is 89.0 cm³/mol. The van der Waals surface area contributed by atoms with Gasteiger partial charge in [0.1, 0.15) is 0 Å². The van der Waals surface area contributed by atoms with Gasteiger partial charge in [-0.2, -0.15) is 0 Å². The van der Waals surface area contributed by atoms with Crippen LogP contribution >= 0.6 is 0 Å². The highest BCUT2D eigenvalue weighted by Crippen LogP contribution is 2.18. The van der Waals surface area contributed by atoms with Gasteiger partial charge in [-0.3, -0.25) is 9.78 Å². The molecular weight excluding hydrogens is 272 g/mol. The number of amides is 1. The Bertz CT molecular complexity index is 789. The van der Waals surface area contributed by atoms with E-state index in [1.54, 1.807) is 12.3 Å². The van der Waals surface area contributed by atoms with E-state index in [-0.39, 0.29) is 5.91 Å². The second-order valence-electron chi connectivity index (χ2n) is 5.33. The summed E-state index contributed by atoms with van der Waals surface area (Å²) in [6, 6.07) is 18.2. The van der Waals surface area contributed by atoms with Crippen molar-refractivity contribution in [2.75, 3.05) is 6.54 Å². The molecule has 22 heavy (non-hydrogen) atoms. The van der Waals surface area contributed by atoms with Gasteiger partial charge >= 0.3 is 0 Å². The van der Waals surface area contributed by atoms with Crippen molar-refractivity contribution in [3.63, 3.8) is 0 Å². The number of aryl methyl sites for hydroxylation is 1. The molecule has 0 radical (unpaired) electrons. The van der Waals surface area contributed by atoms with Gasteiger partial charge in [0.15, 0.2) is 0 Å². The van der Waals surface area contributed by atoms with Gasteiger partial charge in [0.2, 0.25) is 0 Å². The van der Waals surface area contributed by atoms with E-state index in [4.69, 9.17) is 0 Å². The van der Waals surface area contributed by atoms with Crippen LogP contribution in [-0.4, -0.2) is 17.4 Å². The number of pyridine rings is 1. The van der Waals surface area contributed by atoms with Crippen LogP contribution in [0, 0.1) is 6.92 Å². The lowest BCUT2D eigenvalue weighted by Crippen LogP contribution is -2.25. The summed E-state index contributed by atoms with van der Waals surface area (Å²) >= 11 is 0. The Morgan fingerprint density at radius 3 is 2.68 bits per heavy atom. The second kappa shape index (κ2) is 6.39. The third-order valence-electron chi connectivity index (χ3n) is 3.73. The standard InChI is InChI=1S/C19H18N2O/c1-14-9-10-17(13-21-14)19(22)20-12-11-16-7-4-6-15-5-2-3-8-18(15)16/h2-10,13H,11-12H2,1H3,(H,20,22). The molecule has 0 spiro atoms. The number of carbonyl (C=O) groups excluding carboxylic acids is 1. The van der Waals surface area contributed by atoms with Crippen LogP contribution in [0.1, 0.15) is 21.6 Å². The monoisotopic (exact) mass is 290 g/mol. The van der Waals surface area contributed by atoms with Crippen LogP contribution in [0.15, 0.2) is 60.8 Å². The maximum absolute atomic E-state index is 12.1. The number of nitrogens with zero attached hydrogens (tertiary/aromatic N) is 1. The molecule has 3 nitrogen and oxygen atoms in total. The molecule has 110 valence electrons. The average Bonchev–Trinajstić information content (AvgIpc) is 2.55. The van der Waals surface area contributed by atoms with E-state index in [9.17, 15) is 4.79 Å². The summed E-state index contributed by atoms with van der Waals surface area (Å²) in [4.78, 5) is 16.2. The lowest BCUT2D eigenvalue weighted by Gasteiger charge is -2.08. The van der Waals surface area contributed by atoms with Gasteiger partial charge < -0.3 is 5.32 Å². The van der Waals surface area contributed by atoms with E-state index >= 15 is 0 Å². The van der Waals surface area contributed by atoms with Crippen LogP contribution in [0.2, 0.25) is 0 Å². The Labute approximate surface area is 130 Å². The highest BCUT2D eigenvalue weighted by molar-refractivity contribution is 5.93. The van der Waals surface area contributed by atoms with Crippen LogP contribution in [0.4, 0.5) is 0 Å². The van der Waals surface area contributed by atoms with Crippen LogP contribution in [-0.2, 0) is 6.42 Å². The van der Waals surface area contributed by atoms with Gasteiger partial charge in [0, 0.05) is 18.4 Å². The van der Waals surface area contributed by atoms with Crippen molar-refractivity contribution in [3.8, 4) is 0 Å². The van der Waals surface area contributed by atoms with E-state index in [0.29, 0.717) is 12.1 Å². The topological polar surface area (TPSA) is 42.0 Å². The molecule has 0 saturated carbocycles. The molecule has 1 amide bonds. The minimum atomic E-state index is -0.0762. The van der Waals surface area contributed by atoms with Crippen LogP contribution in [0.3, 0.4) is 0 Å². The lowest BCUT2D eigenvalue weighted by molar-refractivity contribution is 0.0954. The summed E-state index contributed by atoms with van der Waals surface area (Å²) in [5.74, 6) is -0.0762. The van der Waals surface area contributed by atoms with Crippen LogP contribution < -0.4 is 5.32 Å². The van der Waals surface area contributed by atoms with E-state index in [1.165, 1.54) is 16.3 Å². The van der Waals surface area contributed by atoms with Crippen molar-refractivity contribution < 1.29 is 4.79 Å². The zero-order chi connectivity index (χ0) is 15.4. The molecule has 1 aromatic heterocycles.